The summed E-state index contributed by atoms with van der Waals surface area (Å²) in [5, 5.41) is 3.78. The molecular formula is C26H36ClN3O2. The van der Waals surface area contributed by atoms with Crippen molar-refractivity contribution in [1.29, 1.82) is 0 Å². The molecule has 1 N–H and O–H groups in total. The van der Waals surface area contributed by atoms with E-state index in [1.165, 1.54) is 38.5 Å². The van der Waals surface area contributed by atoms with E-state index in [-0.39, 0.29) is 23.1 Å². The first-order valence-corrected chi connectivity index (χ1v) is 12.8. The van der Waals surface area contributed by atoms with Crippen molar-refractivity contribution in [3.05, 3.63) is 23.2 Å². The van der Waals surface area contributed by atoms with Gasteiger partial charge in [0.25, 0.3) is 0 Å². The molecule has 0 aromatic heterocycles. The van der Waals surface area contributed by atoms with Gasteiger partial charge in [-0.3, -0.25) is 9.59 Å². The number of benzene rings is 1. The molecule has 1 saturated heterocycles. The molecule has 0 spiro atoms. The van der Waals surface area contributed by atoms with Gasteiger partial charge in [0.05, 0.1) is 10.7 Å². The number of anilines is 2. The third kappa shape index (κ3) is 4.37. The first kappa shape index (κ1) is 22.1. The highest BCUT2D eigenvalue weighted by Gasteiger charge is 2.51. The number of rotatable bonds is 5. The number of carbonyl (C=O) groups is 2. The molecule has 6 rings (SSSR count). The van der Waals surface area contributed by atoms with Gasteiger partial charge in [0.15, 0.2) is 0 Å². The van der Waals surface area contributed by atoms with Gasteiger partial charge in [0.2, 0.25) is 11.8 Å². The summed E-state index contributed by atoms with van der Waals surface area (Å²) in [5.41, 5.74) is 2.00. The van der Waals surface area contributed by atoms with Gasteiger partial charge in [-0.25, -0.2) is 0 Å². The number of amides is 2. The van der Waals surface area contributed by atoms with Crippen LogP contribution in [0.2, 0.25) is 5.02 Å². The first-order valence-electron chi connectivity index (χ1n) is 12.4. The summed E-state index contributed by atoms with van der Waals surface area (Å²) in [6.45, 7) is 6.88. The number of halogens is 1. The smallest absolute Gasteiger partial charge is 0.225 e. The van der Waals surface area contributed by atoms with Gasteiger partial charge in [-0.1, -0.05) is 25.4 Å². The van der Waals surface area contributed by atoms with Gasteiger partial charge in [0.1, 0.15) is 0 Å². The molecule has 4 aliphatic carbocycles. The summed E-state index contributed by atoms with van der Waals surface area (Å²) in [4.78, 5) is 29.3. The number of piperazine rings is 1. The van der Waals surface area contributed by atoms with E-state index in [9.17, 15) is 9.59 Å². The van der Waals surface area contributed by atoms with Crippen molar-refractivity contribution < 1.29 is 9.59 Å². The van der Waals surface area contributed by atoms with E-state index in [4.69, 9.17) is 11.6 Å². The minimum atomic E-state index is 0.0338. The summed E-state index contributed by atoms with van der Waals surface area (Å²) in [7, 11) is 0. The lowest BCUT2D eigenvalue weighted by molar-refractivity contribution is -0.134. The molecule has 4 bridgehead atoms. The fraction of sp³-hybridized carbons (Fsp3) is 0.692. The maximum absolute atomic E-state index is 12.9. The standard InChI is InChI=1S/C26H36ClN3O2/c1-17(2)25(32)30-7-5-29(6-8-30)23-4-3-21(12-22(23)27)28-24(31)16-26-13-18-9-19(14-26)11-20(10-18)15-26/h3-4,12,17-20H,5-11,13-16H2,1-2H3,(H,28,31). The second kappa shape index (κ2) is 8.55. The predicted octanol–water partition coefficient (Wildman–Crippen LogP) is 5.19. The molecular weight excluding hydrogens is 422 g/mol. The summed E-state index contributed by atoms with van der Waals surface area (Å²) in [6, 6.07) is 5.84. The Morgan fingerprint density at radius 1 is 1.03 bits per heavy atom. The Bertz CT molecular complexity index is 856. The van der Waals surface area contributed by atoms with Crippen molar-refractivity contribution >= 4 is 34.8 Å². The molecule has 5 aliphatic rings. The van der Waals surface area contributed by atoms with Crippen molar-refractivity contribution in [3.8, 4) is 0 Å². The molecule has 1 heterocycles. The van der Waals surface area contributed by atoms with Crippen molar-refractivity contribution in [2.24, 2.45) is 29.1 Å². The van der Waals surface area contributed by atoms with Crippen LogP contribution in [0.25, 0.3) is 0 Å². The Hall–Kier alpha value is -1.75. The molecule has 174 valence electrons. The molecule has 2 amide bonds. The van der Waals surface area contributed by atoms with E-state index in [0.29, 0.717) is 11.4 Å². The van der Waals surface area contributed by atoms with Crippen LogP contribution in [-0.2, 0) is 9.59 Å². The van der Waals surface area contributed by atoms with Gasteiger partial charge in [-0.05, 0) is 79.9 Å². The lowest BCUT2D eigenvalue weighted by Crippen LogP contribution is -2.50. The average molecular weight is 458 g/mol. The highest BCUT2D eigenvalue weighted by Crippen LogP contribution is 2.61. The number of nitrogens with zero attached hydrogens (tertiary/aromatic N) is 2. The fourth-order valence-corrected chi connectivity index (χ4v) is 7.73. The molecule has 0 atom stereocenters. The van der Waals surface area contributed by atoms with E-state index in [0.717, 1.165) is 55.3 Å². The molecule has 0 unspecified atom stereocenters. The lowest BCUT2D eigenvalue weighted by Gasteiger charge is -2.56. The minimum absolute atomic E-state index is 0.0338. The molecule has 5 nitrogen and oxygen atoms in total. The van der Waals surface area contributed by atoms with E-state index >= 15 is 0 Å². The largest absolute Gasteiger partial charge is 0.367 e. The summed E-state index contributed by atoms with van der Waals surface area (Å²) in [6.07, 6.45) is 8.60. The first-order chi connectivity index (χ1) is 15.3. The molecule has 4 saturated carbocycles. The Kier molecular flexibility index (Phi) is 5.90. The maximum Gasteiger partial charge on any atom is 0.225 e. The zero-order chi connectivity index (χ0) is 22.5. The zero-order valence-corrected chi connectivity index (χ0v) is 20.2. The normalized spacial score (nSPS) is 31.3. The van der Waals surface area contributed by atoms with Crippen LogP contribution in [0.1, 0.15) is 58.8 Å². The van der Waals surface area contributed by atoms with Crippen LogP contribution >= 0.6 is 11.6 Å². The van der Waals surface area contributed by atoms with Crippen LogP contribution < -0.4 is 10.2 Å². The highest BCUT2D eigenvalue weighted by molar-refractivity contribution is 6.33. The monoisotopic (exact) mass is 457 g/mol. The number of hydrogen-bond donors (Lipinski definition) is 1. The van der Waals surface area contributed by atoms with Crippen LogP contribution in [0.15, 0.2) is 18.2 Å². The topological polar surface area (TPSA) is 52.7 Å². The SMILES string of the molecule is CC(C)C(=O)N1CCN(c2ccc(NC(=O)CC34CC5CC(CC(C5)C3)C4)cc2Cl)CC1. The van der Waals surface area contributed by atoms with Gasteiger partial charge < -0.3 is 15.1 Å². The zero-order valence-electron chi connectivity index (χ0n) is 19.4. The Morgan fingerprint density at radius 2 is 1.62 bits per heavy atom. The van der Waals surface area contributed by atoms with Crippen LogP contribution in [0, 0.1) is 29.1 Å². The van der Waals surface area contributed by atoms with E-state index in [1.807, 2.05) is 36.9 Å². The minimum Gasteiger partial charge on any atom is -0.367 e. The van der Waals surface area contributed by atoms with Crippen molar-refractivity contribution in [3.63, 3.8) is 0 Å². The van der Waals surface area contributed by atoms with Crippen LogP contribution in [0.4, 0.5) is 11.4 Å². The molecule has 5 fully saturated rings. The van der Waals surface area contributed by atoms with E-state index < -0.39 is 0 Å². The molecule has 6 heteroatoms. The third-order valence-corrected chi connectivity index (χ3v) is 8.66. The quantitative estimate of drug-likeness (QED) is 0.661. The third-order valence-electron chi connectivity index (χ3n) is 8.36. The Labute approximate surface area is 196 Å². The van der Waals surface area contributed by atoms with Crippen molar-refractivity contribution in [1.82, 2.24) is 4.90 Å². The molecule has 1 aliphatic heterocycles. The number of hydrogen-bond acceptors (Lipinski definition) is 3. The van der Waals surface area contributed by atoms with Gasteiger partial charge >= 0.3 is 0 Å². The Morgan fingerprint density at radius 3 is 2.16 bits per heavy atom. The van der Waals surface area contributed by atoms with Gasteiger partial charge in [-0.15, -0.1) is 0 Å². The second-order valence-corrected chi connectivity index (χ2v) is 11.7. The average Bonchev–Trinajstić information content (AvgIpc) is 2.72. The summed E-state index contributed by atoms with van der Waals surface area (Å²) >= 11 is 6.62. The molecule has 32 heavy (non-hydrogen) atoms. The summed E-state index contributed by atoms with van der Waals surface area (Å²) in [5.74, 6) is 2.97. The van der Waals surface area contributed by atoms with Crippen molar-refractivity contribution in [2.75, 3.05) is 36.4 Å². The Balaban J connectivity index is 1.18. The predicted molar refractivity (Wildman–Crippen MR) is 129 cm³/mol. The fourth-order valence-electron chi connectivity index (χ4n) is 7.43. The number of nitrogens with one attached hydrogen (secondary N) is 1. The van der Waals surface area contributed by atoms with Crippen LogP contribution in [-0.4, -0.2) is 42.9 Å². The van der Waals surface area contributed by atoms with E-state index in [2.05, 4.69) is 10.2 Å². The van der Waals surface area contributed by atoms with Crippen molar-refractivity contribution in [2.45, 2.75) is 58.8 Å². The van der Waals surface area contributed by atoms with Gasteiger partial charge in [0, 0.05) is 44.2 Å². The summed E-state index contributed by atoms with van der Waals surface area (Å²) < 4.78 is 0. The van der Waals surface area contributed by atoms with Gasteiger partial charge in [-0.2, -0.15) is 0 Å². The maximum atomic E-state index is 12.9. The highest BCUT2D eigenvalue weighted by atomic mass is 35.5. The lowest BCUT2D eigenvalue weighted by atomic mass is 9.49. The molecule has 0 radical (unpaired) electrons. The molecule has 1 aromatic rings. The van der Waals surface area contributed by atoms with Crippen LogP contribution in [0.3, 0.4) is 0 Å². The van der Waals surface area contributed by atoms with Crippen LogP contribution in [0.5, 0.6) is 0 Å². The second-order valence-electron chi connectivity index (χ2n) is 11.3. The van der Waals surface area contributed by atoms with E-state index in [1.54, 1.807) is 0 Å². The molecule has 1 aromatic carbocycles. The number of carbonyl (C=O) groups excluding carboxylic acids is 2.